The van der Waals surface area contributed by atoms with Crippen LogP contribution in [0.5, 0.6) is 5.75 Å². The maximum atomic E-state index is 12.6. The normalized spacial score (nSPS) is 13.0. The minimum Gasteiger partial charge on any atom is -0.497 e. The van der Waals surface area contributed by atoms with E-state index in [4.69, 9.17) is 4.74 Å². The Kier molecular flexibility index (Phi) is 7.20. The van der Waals surface area contributed by atoms with E-state index in [0.717, 1.165) is 20.6 Å². The molecule has 28 heavy (non-hydrogen) atoms. The second kappa shape index (κ2) is 9.20. The molecule has 9 heteroatoms. The maximum Gasteiger partial charge on any atom is 0.263 e. The van der Waals surface area contributed by atoms with E-state index in [1.807, 2.05) is 24.3 Å². The number of methoxy groups -OCH3 is 1. The summed E-state index contributed by atoms with van der Waals surface area (Å²) in [7, 11) is -2.18. The fourth-order valence-electron chi connectivity index (χ4n) is 2.53. The molecule has 0 bridgehead atoms. The molecule has 0 radical (unpaired) electrons. The third-order valence-electron chi connectivity index (χ3n) is 4.01. The molecule has 1 atom stereocenters. The average Bonchev–Trinajstić information content (AvgIpc) is 2.66. The van der Waals surface area contributed by atoms with Gasteiger partial charge in [-0.3, -0.25) is 9.10 Å². The number of carbonyl (C=O) groups excluding carboxylic acids is 1. The summed E-state index contributed by atoms with van der Waals surface area (Å²) >= 11 is 3.36. The summed E-state index contributed by atoms with van der Waals surface area (Å²) in [5.41, 5.74) is 4.25. The molecule has 0 spiro atoms. The topological polar surface area (TPSA) is 88.1 Å². The molecule has 0 saturated heterocycles. The summed E-state index contributed by atoms with van der Waals surface area (Å²) in [4.78, 5) is 12.6. The first-order valence-corrected chi connectivity index (χ1v) is 11.0. The van der Waals surface area contributed by atoms with Crippen LogP contribution in [0.15, 0.2) is 58.1 Å². The van der Waals surface area contributed by atoms with E-state index in [9.17, 15) is 13.2 Å². The highest BCUT2D eigenvalue weighted by Crippen LogP contribution is 2.23. The Bertz CT molecular complexity index is 958. The molecule has 0 aliphatic heterocycles. The van der Waals surface area contributed by atoms with Crippen LogP contribution in [0.2, 0.25) is 0 Å². The number of nitrogens with zero attached hydrogens (tertiary/aromatic N) is 2. The van der Waals surface area contributed by atoms with Crippen LogP contribution in [0.3, 0.4) is 0 Å². The molecule has 0 aliphatic rings. The Morgan fingerprint density at radius 2 is 1.71 bits per heavy atom. The minimum absolute atomic E-state index is 0.361. The van der Waals surface area contributed by atoms with Gasteiger partial charge in [0.25, 0.3) is 5.91 Å². The zero-order chi connectivity index (χ0) is 20.9. The lowest BCUT2D eigenvalue weighted by Crippen LogP contribution is -2.46. The summed E-state index contributed by atoms with van der Waals surface area (Å²) in [5, 5.41) is 4.09. The molecule has 0 heterocycles. The van der Waals surface area contributed by atoms with Gasteiger partial charge in [0.2, 0.25) is 10.0 Å². The quantitative estimate of drug-likeness (QED) is 0.500. The Morgan fingerprint density at radius 3 is 2.21 bits per heavy atom. The van der Waals surface area contributed by atoms with Crippen LogP contribution in [-0.4, -0.2) is 39.4 Å². The van der Waals surface area contributed by atoms with Gasteiger partial charge in [-0.25, -0.2) is 13.8 Å². The van der Waals surface area contributed by atoms with Crippen LogP contribution in [0, 0.1) is 0 Å². The van der Waals surface area contributed by atoms with Gasteiger partial charge >= 0.3 is 0 Å². The van der Waals surface area contributed by atoms with E-state index in [0.29, 0.717) is 17.1 Å². The predicted molar refractivity (Wildman–Crippen MR) is 114 cm³/mol. The summed E-state index contributed by atoms with van der Waals surface area (Å²) in [6.45, 7) is 3.26. The number of hydrogen-bond donors (Lipinski definition) is 1. The lowest BCUT2D eigenvalue weighted by Gasteiger charge is -2.27. The van der Waals surface area contributed by atoms with Crippen LogP contribution >= 0.6 is 15.9 Å². The fourth-order valence-corrected chi connectivity index (χ4v) is 3.97. The van der Waals surface area contributed by atoms with Crippen molar-refractivity contribution >= 4 is 43.3 Å². The van der Waals surface area contributed by atoms with Gasteiger partial charge in [0, 0.05) is 4.47 Å². The van der Waals surface area contributed by atoms with E-state index in [-0.39, 0.29) is 0 Å². The summed E-state index contributed by atoms with van der Waals surface area (Å²) in [6.07, 6.45) is 1.05. The second-order valence-corrected chi connectivity index (χ2v) is 8.89. The minimum atomic E-state index is -3.70. The van der Waals surface area contributed by atoms with E-state index < -0.39 is 22.0 Å². The largest absolute Gasteiger partial charge is 0.497 e. The van der Waals surface area contributed by atoms with Crippen LogP contribution in [0.1, 0.15) is 19.4 Å². The van der Waals surface area contributed by atoms with Crippen LogP contribution in [0.25, 0.3) is 0 Å². The molecule has 150 valence electrons. The zero-order valence-electron chi connectivity index (χ0n) is 16.0. The molecule has 0 aliphatic carbocycles. The number of benzene rings is 2. The van der Waals surface area contributed by atoms with Crippen molar-refractivity contribution in [3.63, 3.8) is 0 Å². The molecule has 0 fully saturated rings. The molecular formula is C19H22BrN3O4S. The van der Waals surface area contributed by atoms with Crippen molar-refractivity contribution in [1.29, 1.82) is 0 Å². The van der Waals surface area contributed by atoms with Gasteiger partial charge in [0.15, 0.2) is 0 Å². The molecule has 7 nitrogen and oxygen atoms in total. The monoisotopic (exact) mass is 467 g/mol. The van der Waals surface area contributed by atoms with Gasteiger partial charge < -0.3 is 4.74 Å². The van der Waals surface area contributed by atoms with Gasteiger partial charge in [0.1, 0.15) is 11.8 Å². The third kappa shape index (κ3) is 5.56. The fraction of sp³-hybridized carbons (Fsp3) is 0.263. The van der Waals surface area contributed by atoms with E-state index >= 15 is 0 Å². The lowest BCUT2D eigenvalue weighted by molar-refractivity contribution is -0.121. The first-order valence-electron chi connectivity index (χ1n) is 8.37. The summed E-state index contributed by atoms with van der Waals surface area (Å²) in [6, 6.07) is 12.9. The molecule has 2 aromatic carbocycles. The van der Waals surface area contributed by atoms with Crippen molar-refractivity contribution in [2.45, 2.75) is 19.9 Å². The highest BCUT2D eigenvalue weighted by molar-refractivity contribution is 9.10. The molecule has 0 saturated carbocycles. The number of hydrazone groups is 1. The second-order valence-electron chi connectivity index (χ2n) is 6.11. The Labute approximate surface area is 173 Å². The molecule has 2 rings (SSSR count). The highest BCUT2D eigenvalue weighted by Gasteiger charge is 2.29. The summed E-state index contributed by atoms with van der Waals surface area (Å²) < 4.78 is 31.7. The number of anilines is 1. The highest BCUT2D eigenvalue weighted by atomic mass is 79.9. The number of ether oxygens (including phenoxy) is 1. The lowest BCUT2D eigenvalue weighted by atomic mass is 10.1. The maximum absolute atomic E-state index is 12.6. The zero-order valence-corrected chi connectivity index (χ0v) is 18.4. The molecule has 1 N–H and O–H groups in total. The Morgan fingerprint density at radius 1 is 1.14 bits per heavy atom. The SMILES string of the molecule is COc1ccc(N([C@@H](C)C(=O)N/N=C(/C)c2ccc(Br)cc2)S(C)(=O)=O)cc1. The van der Waals surface area contributed by atoms with E-state index in [2.05, 4.69) is 26.5 Å². The number of sulfonamides is 1. The van der Waals surface area contributed by atoms with Gasteiger partial charge in [-0.05, 0) is 55.8 Å². The van der Waals surface area contributed by atoms with Gasteiger partial charge in [-0.2, -0.15) is 5.10 Å². The van der Waals surface area contributed by atoms with Crippen LogP contribution in [0.4, 0.5) is 5.69 Å². The standard InChI is InChI=1S/C19H22BrN3O4S/c1-13(15-5-7-16(20)8-6-15)21-22-19(24)14(2)23(28(4,25)26)17-9-11-18(27-3)12-10-17/h5-12,14H,1-4H3,(H,22,24)/b21-13-/t14-/m0/s1. The van der Waals surface area contributed by atoms with Crippen molar-refractivity contribution in [1.82, 2.24) is 5.43 Å². The number of amides is 1. The van der Waals surface area contributed by atoms with Crippen LogP contribution in [-0.2, 0) is 14.8 Å². The molecular weight excluding hydrogens is 446 g/mol. The number of carbonyl (C=O) groups is 1. The molecule has 0 unspecified atom stereocenters. The predicted octanol–water partition coefficient (Wildman–Crippen LogP) is 3.15. The average molecular weight is 468 g/mol. The van der Waals surface area contributed by atoms with Crippen molar-refractivity contribution in [3.8, 4) is 5.75 Å². The van der Waals surface area contributed by atoms with Crippen molar-refractivity contribution in [3.05, 3.63) is 58.6 Å². The first-order chi connectivity index (χ1) is 13.1. The third-order valence-corrected chi connectivity index (χ3v) is 5.78. The smallest absolute Gasteiger partial charge is 0.263 e. The van der Waals surface area contributed by atoms with E-state index in [1.54, 1.807) is 31.2 Å². The van der Waals surface area contributed by atoms with Gasteiger partial charge in [-0.1, -0.05) is 28.1 Å². The van der Waals surface area contributed by atoms with Crippen molar-refractivity contribution in [2.24, 2.45) is 5.10 Å². The number of rotatable bonds is 7. The number of nitrogens with one attached hydrogen (secondary N) is 1. The molecule has 1 amide bonds. The molecule has 0 aromatic heterocycles. The molecule has 2 aromatic rings. The van der Waals surface area contributed by atoms with E-state index in [1.165, 1.54) is 14.0 Å². The van der Waals surface area contributed by atoms with Gasteiger partial charge in [-0.15, -0.1) is 0 Å². The summed E-state index contributed by atoms with van der Waals surface area (Å²) in [5.74, 6) is 0.0433. The Balaban J connectivity index is 2.21. The number of hydrogen-bond acceptors (Lipinski definition) is 5. The van der Waals surface area contributed by atoms with Crippen molar-refractivity contribution < 1.29 is 17.9 Å². The van der Waals surface area contributed by atoms with Crippen LogP contribution < -0.4 is 14.5 Å². The number of halogens is 1. The Hall–Kier alpha value is -2.39. The van der Waals surface area contributed by atoms with Gasteiger partial charge in [0.05, 0.1) is 24.8 Å². The van der Waals surface area contributed by atoms with Crippen molar-refractivity contribution in [2.75, 3.05) is 17.7 Å². The first kappa shape index (κ1) is 21.9.